The number of halogens is 6. The lowest BCUT2D eigenvalue weighted by atomic mass is 10.1. The van der Waals surface area contributed by atoms with Crippen LogP contribution in [0.5, 0.6) is 0 Å². The van der Waals surface area contributed by atoms with Gasteiger partial charge in [-0.05, 0) is 30.3 Å². The van der Waals surface area contributed by atoms with Crippen LogP contribution in [-0.2, 0) is 15.6 Å². The van der Waals surface area contributed by atoms with E-state index in [2.05, 4.69) is 10.3 Å². The Balaban J connectivity index is 1.95. The number of hydrogen-bond donors (Lipinski definition) is 1. The zero-order chi connectivity index (χ0) is 22.1. The molecule has 1 N–H and O–H groups in total. The lowest BCUT2D eigenvalue weighted by Crippen LogP contribution is -2.21. The van der Waals surface area contributed by atoms with E-state index in [9.17, 15) is 30.4 Å². The second-order valence-corrected chi connectivity index (χ2v) is 9.21. The van der Waals surface area contributed by atoms with Gasteiger partial charge >= 0.3 is 0 Å². The van der Waals surface area contributed by atoms with Crippen molar-refractivity contribution in [3.05, 3.63) is 75.0 Å². The van der Waals surface area contributed by atoms with E-state index in [1.807, 2.05) is 0 Å². The molecule has 3 rings (SSSR count). The summed E-state index contributed by atoms with van der Waals surface area (Å²) >= 11 is 7.14. The van der Waals surface area contributed by atoms with Crippen molar-refractivity contribution in [1.82, 2.24) is 4.98 Å². The van der Waals surface area contributed by atoms with Crippen molar-refractivity contribution in [3.63, 3.8) is 0 Å². The standard InChI is InChI=1S/C18H12ClF5N2O2S2/c19-12-4-16(30(27,28)7-10-6-29-8-25-10)14(22)5-15(12)26-17(18(23)24)11-3-9(20)1-2-13(11)21/h1-6,8,17-18,26H,7H2/t17-/m1/s1. The molecule has 0 radical (unpaired) electrons. The molecule has 1 heterocycles. The van der Waals surface area contributed by atoms with Gasteiger partial charge in [-0.15, -0.1) is 11.3 Å². The number of nitrogens with one attached hydrogen (secondary N) is 1. The first-order valence-electron chi connectivity index (χ1n) is 8.17. The normalized spacial score (nSPS) is 12.9. The first-order chi connectivity index (χ1) is 14.1. The Morgan fingerprint density at radius 3 is 2.47 bits per heavy atom. The summed E-state index contributed by atoms with van der Waals surface area (Å²) in [6.45, 7) is 0. The number of nitrogens with zero attached hydrogens (tertiary/aromatic N) is 1. The summed E-state index contributed by atoms with van der Waals surface area (Å²) in [7, 11) is -4.16. The molecule has 0 fully saturated rings. The van der Waals surface area contributed by atoms with Gasteiger partial charge in [0, 0.05) is 10.9 Å². The van der Waals surface area contributed by atoms with Crippen LogP contribution in [0.2, 0.25) is 5.02 Å². The van der Waals surface area contributed by atoms with Crippen molar-refractivity contribution >= 4 is 38.5 Å². The summed E-state index contributed by atoms with van der Waals surface area (Å²) in [6.07, 6.45) is -3.21. The zero-order valence-electron chi connectivity index (χ0n) is 14.8. The average molecular weight is 483 g/mol. The molecule has 0 aliphatic rings. The van der Waals surface area contributed by atoms with Gasteiger partial charge in [-0.2, -0.15) is 0 Å². The summed E-state index contributed by atoms with van der Waals surface area (Å²) in [5.74, 6) is -3.87. The number of sulfone groups is 1. The molecule has 2 aromatic carbocycles. The van der Waals surface area contributed by atoms with Crippen molar-refractivity contribution in [2.45, 2.75) is 23.1 Å². The number of rotatable bonds is 7. The largest absolute Gasteiger partial charge is 0.372 e. The predicted molar refractivity (Wildman–Crippen MR) is 103 cm³/mol. The molecule has 1 atom stereocenters. The molecule has 0 spiro atoms. The Morgan fingerprint density at radius 1 is 1.10 bits per heavy atom. The lowest BCUT2D eigenvalue weighted by molar-refractivity contribution is 0.123. The lowest BCUT2D eigenvalue weighted by Gasteiger charge is -2.21. The first-order valence-corrected chi connectivity index (χ1v) is 11.1. The van der Waals surface area contributed by atoms with Gasteiger partial charge in [0.1, 0.15) is 28.4 Å². The molecular formula is C18H12ClF5N2O2S2. The van der Waals surface area contributed by atoms with Gasteiger partial charge in [0.05, 0.1) is 27.7 Å². The number of benzene rings is 2. The van der Waals surface area contributed by atoms with Crippen molar-refractivity contribution in [3.8, 4) is 0 Å². The Kier molecular flexibility index (Phi) is 6.63. The molecule has 0 bridgehead atoms. The minimum Gasteiger partial charge on any atom is -0.372 e. The molecule has 0 aliphatic carbocycles. The summed E-state index contributed by atoms with van der Waals surface area (Å²) < 4.78 is 93.8. The van der Waals surface area contributed by atoms with Crippen molar-refractivity contribution < 1.29 is 30.4 Å². The summed E-state index contributed by atoms with van der Waals surface area (Å²) in [5, 5.41) is 3.25. The third-order valence-electron chi connectivity index (χ3n) is 4.03. The van der Waals surface area contributed by atoms with Gasteiger partial charge in [0.2, 0.25) is 0 Å². The smallest absolute Gasteiger partial charge is 0.262 e. The van der Waals surface area contributed by atoms with Gasteiger partial charge in [-0.1, -0.05) is 11.6 Å². The fourth-order valence-corrected chi connectivity index (χ4v) is 4.96. The summed E-state index contributed by atoms with van der Waals surface area (Å²) in [4.78, 5) is 3.09. The fourth-order valence-electron chi connectivity index (χ4n) is 2.66. The van der Waals surface area contributed by atoms with Gasteiger partial charge in [0.25, 0.3) is 6.43 Å². The molecule has 0 saturated heterocycles. The Labute approximate surface area is 177 Å². The van der Waals surface area contributed by atoms with Gasteiger partial charge in [0.15, 0.2) is 9.84 Å². The van der Waals surface area contributed by atoms with Crippen molar-refractivity contribution in [1.29, 1.82) is 0 Å². The van der Waals surface area contributed by atoms with E-state index < -0.39 is 66.7 Å². The van der Waals surface area contributed by atoms with E-state index in [-0.39, 0.29) is 5.69 Å². The van der Waals surface area contributed by atoms with Crippen LogP contribution in [0, 0.1) is 17.5 Å². The van der Waals surface area contributed by atoms with Crippen LogP contribution in [-0.4, -0.2) is 19.8 Å². The third kappa shape index (κ3) is 4.90. The Bertz CT molecular complexity index is 1160. The molecule has 12 heteroatoms. The van der Waals surface area contributed by atoms with Crippen LogP contribution < -0.4 is 5.32 Å². The van der Waals surface area contributed by atoms with Crippen molar-refractivity contribution in [2.24, 2.45) is 0 Å². The van der Waals surface area contributed by atoms with Crippen LogP contribution in [0.25, 0.3) is 0 Å². The molecule has 3 aromatic rings. The van der Waals surface area contributed by atoms with Crippen LogP contribution in [0.1, 0.15) is 17.3 Å². The second kappa shape index (κ2) is 8.86. The van der Waals surface area contributed by atoms with E-state index in [1.165, 1.54) is 10.9 Å². The highest BCUT2D eigenvalue weighted by Gasteiger charge is 2.28. The highest BCUT2D eigenvalue weighted by molar-refractivity contribution is 7.90. The van der Waals surface area contributed by atoms with Crippen LogP contribution in [0.3, 0.4) is 0 Å². The molecule has 0 saturated carbocycles. The predicted octanol–water partition coefficient (Wildman–Crippen LogP) is 5.61. The van der Waals surface area contributed by atoms with Crippen LogP contribution in [0.4, 0.5) is 27.6 Å². The molecular weight excluding hydrogens is 471 g/mol. The van der Waals surface area contributed by atoms with Crippen LogP contribution in [0.15, 0.2) is 46.1 Å². The SMILES string of the molecule is O=S(=O)(Cc1cscn1)c1cc(Cl)c(N[C@H](c2cc(F)ccc2F)C(F)F)cc1F. The highest BCUT2D eigenvalue weighted by Crippen LogP contribution is 2.34. The number of aromatic nitrogens is 1. The monoisotopic (exact) mass is 482 g/mol. The topological polar surface area (TPSA) is 59.1 Å². The number of alkyl halides is 2. The molecule has 30 heavy (non-hydrogen) atoms. The summed E-state index contributed by atoms with van der Waals surface area (Å²) in [5.41, 5.74) is 0.520. The van der Waals surface area contributed by atoms with E-state index in [4.69, 9.17) is 11.6 Å². The van der Waals surface area contributed by atoms with E-state index >= 15 is 0 Å². The maximum absolute atomic E-state index is 14.5. The number of hydrogen-bond acceptors (Lipinski definition) is 5. The van der Waals surface area contributed by atoms with Gasteiger partial charge < -0.3 is 5.32 Å². The molecule has 0 aliphatic heterocycles. The maximum Gasteiger partial charge on any atom is 0.262 e. The molecule has 0 unspecified atom stereocenters. The average Bonchev–Trinajstić information content (AvgIpc) is 3.16. The van der Waals surface area contributed by atoms with E-state index in [0.29, 0.717) is 18.2 Å². The van der Waals surface area contributed by atoms with Gasteiger partial charge in [-0.25, -0.2) is 35.4 Å². The Hall–Kier alpha value is -2.24. The van der Waals surface area contributed by atoms with Gasteiger partial charge in [-0.3, -0.25) is 0 Å². The van der Waals surface area contributed by atoms with Crippen LogP contribution >= 0.6 is 22.9 Å². The highest BCUT2D eigenvalue weighted by atomic mass is 35.5. The molecule has 0 amide bonds. The first kappa shape index (κ1) is 22.4. The quantitative estimate of drug-likeness (QED) is 0.445. The molecule has 1 aromatic heterocycles. The van der Waals surface area contributed by atoms with E-state index in [0.717, 1.165) is 23.5 Å². The number of thiazole rings is 1. The fraction of sp³-hybridized carbons (Fsp3) is 0.167. The minimum absolute atomic E-state index is 0.206. The molecule has 4 nitrogen and oxygen atoms in total. The molecule has 160 valence electrons. The summed E-state index contributed by atoms with van der Waals surface area (Å²) in [6, 6.07) is 1.34. The zero-order valence-corrected chi connectivity index (χ0v) is 17.1. The third-order valence-corrected chi connectivity index (χ3v) is 6.64. The van der Waals surface area contributed by atoms with E-state index in [1.54, 1.807) is 0 Å². The Morgan fingerprint density at radius 2 is 1.83 bits per heavy atom. The minimum atomic E-state index is -4.16. The number of anilines is 1. The second-order valence-electron chi connectivity index (χ2n) is 6.12. The van der Waals surface area contributed by atoms with Crippen molar-refractivity contribution in [2.75, 3.05) is 5.32 Å². The maximum atomic E-state index is 14.5.